The zero-order chi connectivity index (χ0) is 15.6. The topological polar surface area (TPSA) is 66.8 Å². The van der Waals surface area contributed by atoms with Crippen molar-refractivity contribution in [2.45, 2.75) is 83.9 Å². The Hall–Kier alpha value is -1.26. The molecule has 0 aromatic carbocycles. The lowest BCUT2D eigenvalue weighted by Gasteiger charge is -2.45. The molecule has 0 aromatic heterocycles. The van der Waals surface area contributed by atoms with Gasteiger partial charge in [-0.1, -0.05) is 19.3 Å². The second-order valence-corrected chi connectivity index (χ2v) is 6.84. The van der Waals surface area contributed by atoms with Crippen molar-refractivity contribution in [3.8, 4) is 0 Å². The van der Waals surface area contributed by atoms with Crippen LogP contribution in [-0.2, 0) is 9.53 Å². The van der Waals surface area contributed by atoms with E-state index in [1.165, 1.54) is 4.90 Å². The molecule has 0 aromatic rings. The van der Waals surface area contributed by atoms with Gasteiger partial charge in [0, 0.05) is 6.04 Å². The zero-order valence-electron chi connectivity index (χ0n) is 13.2. The van der Waals surface area contributed by atoms with Gasteiger partial charge in [0.1, 0.15) is 11.1 Å². The molecule has 5 heteroatoms. The number of amides is 1. The summed E-state index contributed by atoms with van der Waals surface area (Å²) in [4.78, 5) is 25.7. The fraction of sp³-hybridized carbons (Fsp3) is 0.867. The molecule has 1 aliphatic rings. The maximum absolute atomic E-state index is 12.4. The van der Waals surface area contributed by atoms with E-state index in [1.54, 1.807) is 20.8 Å². The monoisotopic (exact) mass is 285 g/mol. The average molecular weight is 285 g/mol. The number of aliphatic carboxylic acids is 1. The molecule has 5 nitrogen and oxygen atoms in total. The second-order valence-electron chi connectivity index (χ2n) is 6.84. The first-order valence-electron chi connectivity index (χ1n) is 7.36. The van der Waals surface area contributed by atoms with Gasteiger partial charge in [-0.2, -0.15) is 0 Å². The number of carboxylic acids is 1. The predicted octanol–water partition coefficient (Wildman–Crippen LogP) is 3.42. The fourth-order valence-corrected chi connectivity index (χ4v) is 2.89. The van der Waals surface area contributed by atoms with Gasteiger partial charge in [0.2, 0.25) is 0 Å². The van der Waals surface area contributed by atoms with Gasteiger partial charge in [0.25, 0.3) is 0 Å². The van der Waals surface area contributed by atoms with Gasteiger partial charge >= 0.3 is 12.1 Å². The van der Waals surface area contributed by atoms with Crippen LogP contribution in [-0.4, -0.2) is 39.3 Å². The number of hydrogen-bond donors (Lipinski definition) is 1. The van der Waals surface area contributed by atoms with E-state index < -0.39 is 23.2 Å². The minimum atomic E-state index is -1.12. The number of hydrogen-bond acceptors (Lipinski definition) is 3. The Morgan fingerprint density at radius 3 is 2.00 bits per heavy atom. The Labute approximate surface area is 121 Å². The summed E-state index contributed by atoms with van der Waals surface area (Å²) in [6, 6.07) is -0.209. The van der Waals surface area contributed by atoms with E-state index in [9.17, 15) is 14.7 Å². The molecule has 1 fully saturated rings. The molecule has 1 N–H and O–H groups in total. The first-order chi connectivity index (χ1) is 9.10. The molecule has 1 saturated carbocycles. The van der Waals surface area contributed by atoms with Crippen molar-refractivity contribution in [3.63, 3.8) is 0 Å². The van der Waals surface area contributed by atoms with Crippen molar-refractivity contribution in [2.75, 3.05) is 0 Å². The van der Waals surface area contributed by atoms with Gasteiger partial charge < -0.3 is 9.84 Å². The molecular weight excluding hydrogens is 258 g/mol. The fourth-order valence-electron chi connectivity index (χ4n) is 2.89. The largest absolute Gasteiger partial charge is 0.479 e. The molecule has 0 unspecified atom stereocenters. The highest BCUT2D eigenvalue weighted by atomic mass is 16.6. The van der Waals surface area contributed by atoms with Gasteiger partial charge in [-0.05, 0) is 47.5 Å². The Morgan fingerprint density at radius 2 is 1.65 bits per heavy atom. The van der Waals surface area contributed by atoms with E-state index in [4.69, 9.17) is 4.74 Å². The third kappa shape index (κ3) is 3.64. The van der Waals surface area contributed by atoms with Gasteiger partial charge in [-0.3, -0.25) is 4.90 Å². The molecule has 1 amide bonds. The van der Waals surface area contributed by atoms with Crippen LogP contribution in [0.5, 0.6) is 0 Å². The number of carboxylic acid groups (broad SMARTS) is 1. The van der Waals surface area contributed by atoms with E-state index in [2.05, 4.69) is 0 Å². The summed E-state index contributed by atoms with van der Waals surface area (Å²) >= 11 is 0. The zero-order valence-corrected chi connectivity index (χ0v) is 13.2. The van der Waals surface area contributed by atoms with Crippen LogP contribution in [0.1, 0.15) is 66.7 Å². The van der Waals surface area contributed by atoms with Gasteiger partial charge in [0.15, 0.2) is 0 Å². The molecule has 116 valence electrons. The number of carbonyl (C=O) groups is 2. The molecule has 1 rings (SSSR count). The molecule has 0 aliphatic heterocycles. The summed E-state index contributed by atoms with van der Waals surface area (Å²) in [6.45, 7) is 9.04. The van der Waals surface area contributed by atoms with Crippen molar-refractivity contribution < 1.29 is 19.4 Å². The van der Waals surface area contributed by atoms with Gasteiger partial charge in [-0.25, -0.2) is 9.59 Å². The van der Waals surface area contributed by atoms with Crippen LogP contribution >= 0.6 is 0 Å². The highest BCUT2D eigenvalue weighted by molar-refractivity contribution is 5.85. The van der Waals surface area contributed by atoms with Crippen LogP contribution < -0.4 is 0 Å². The Kier molecular flexibility index (Phi) is 5.05. The van der Waals surface area contributed by atoms with Crippen molar-refractivity contribution >= 4 is 12.1 Å². The van der Waals surface area contributed by atoms with E-state index >= 15 is 0 Å². The van der Waals surface area contributed by atoms with Crippen LogP contribution in [0, 0.1) is 0 Å². The summed E-state index contributed by atoms with van der Waals surface area (Å²) in [5.41, 5.74) is -1.74. The minimum absolute atomic E-state index is 0.209. The molecule has 0 atom stereocenters. The maximum Gasteiger partial charge on any atom is 0.411 e. The number of carbonyl (C=O) groups excluding carboxylic acids is 1. The molecule has 0 spiro atoms. The second kappa shape index (κ2) is 6.02. The van der Waals surface area contributed by atoms with E-state index in [0.29, 0.717) is 12.8 Å². The highest BCUT2D eigenvalue weighted by Crippen LogP contribution is 2.36. The quantitative estimate of drug-likeness (QED) is 0.862. The lowest BCUT2D eigenvalue weighted by Crippen LogP contribution is -2.61. The predicted molar refractivity (Wildman–Crippen MR) is 76.7 cm³/mol. The molecule has 20 heavy (non-hydrogen) atoms. The molecule has 0 heterocycles. The van der Waals surface area contributed by atoms with Gasteiger partial charge in [0.05, 0.1) is 0 Å². The van der Waals surface area contributed by atoms with Crippen molar-refractivity contribution in [3.05, 3.63) is 0 Å². The first-order valence-corrected chi connectivity index (χ1v) is 7.36. The van der Waals surface area contributed by atoms with E-state index in [0.717, 1.165) is 19.3 Å². The Balaban J connectivity index is 3.09. The third-order valence-electron chi connectivity index (χ3n) is 3.65. The van der Waals surface area contributed by atoms with Crippen molar-refractivity contribution in [1.82, 2.24) is 4.90 Å². The van der Waals surface area contributed by atoms with Crippen LogP contribution in [0.2, 0.25) is 0 Å². The minimum Gasteiger partial charge on any atom is -0.479 e. The van der Waals surface area contributed by atoms with E-state index in [1.807, 2.05) is 13.8 Å². The molecule has 0 radical (unpaired) electrons. The van der Waals surface area contributed by atoms with E-state index in [-0.39, 0.29) is 6.04 Å². The van der Waals surface area contributed by atoms with Crippen LogP contribution in [0.4, 0.5) is 4.79 Å². The number of ether oxygens (including phenoxy) is 1. The molecular formula is C15H27NO4. The van der Waals surface area contributed by atoms with Crippen LogP contribution in [0.3, 0.4) is 0 Å². The summed E-state index contributed by atoms with van der Waals surface area (Å²) in [5, 5.41) is 9.71. The maximum atomic E-state index is 12.4. The summed E-state index contributed by atoms with van der Waals surface area (Å²) < 4.78 is 5.41. The SMILES string of the molecule is CC(C)N(C(=O)OC(C)(C)C)C1(C(=O)O)CCCCC1. The Morgan fingerprint density at radius 1 is 1.15 bits per heavy atom. The summed E-state index contributed by atoms with van der Waals surface area (Å²) in [7, 11) is 0. The first kappa shape index (κ1) is 16.8. The summed E-state index contributed by atoms with van der Waals surface area (Å²) in [6.07, 6.45) is 3.16. The molecule has 0 bridgehead atoms. The van der Waals surface area contributed by atoms with Crippen LogP contribution in [0.15, 0.2) is 0 Å². The van der Waals surface area contributed by atoms with Crippen molar-refractivity contribution in [2.24, 2.45) is 0 Å². The third-order valence-corrected chi connectivity index (χ3v) is 3.65. The standard InChI is InChI=1S/C15H27NO4/c1-11(2)16(13(19)20-14(3,4)5)15(12(17)18)9-7-6-8-10-15/h11H,6-10H2,1-5H3,(H,17,18). The molecule has 0 saturated heterocycles. The summed E-state index contributed by atoms with van der Waals surface area (Å²) in [5.74, 6) is -0.920. The van der Waals surface area contributed by atoms with Crippen molar-refractivity contribution in [1.29, 1.82) is 0 Å². The molecule has 1 aliphatic carbocycles. The Bertz CT molecular complexity index is 365. The average Bonchev–Trinajstić information content (AvgIpc) is 2.26. The smallest absolute Gasteiger partial charge is 0.411 e. The highest BCUT2D eigenvalue weighted by Gasteiger charge is 2.49. The van der Waals surface area contributed by atoms with Gasteiger partial charge in [-0.15, -0.1) is 0 Å². The lowest BCUT2D eigenvalue weighted by atomic mass is 9.79. The number of nitrogens with zero attached hydrogens (tertiary/aromatic N) is 1. The number of rotatable bonds is 3. The normalized spacial score (nSPS) is 18.7. The van der Waals surface area contributed by atoms with Crippen LogP contribution in [0.25, 0.3) is 0 Å². The lowest BCUT2D eigenvalue weighted by molar-refractivity contribution is -0.155.